The number of para-hydroxylation sites is 1. The highest BCUT2D eigenvalue weighted by Crippen LogP contribution is 2.16. The molecule has 152 valence electrons. The fourth-order valence-electron chi connectivity index (χ4n) is 2.94. The number of benzene rings is 3. The fraction of sp³-hybridized carbons (Fsp3) is 0.0417. The van der Waals surface area contributed by atoms with Crippen LogP contribution in [0.1, 0.15) is 16.8 Å². The average Bonchev–Trinajstić information content (AvgIpc) is 2.80. The zero-order valence-corrected chi connectivity index (χ0v) is 16.8. The number of fused-ring (bicyclic) bond motifs is 1. The Labute approximate surface area is 179 Å². The number of pyridine rings is 1. The highest BCUT2D eigenvalue weighted by Gasteiger charge is 2.07. The molecule has 0 aliphatic carbocycles. The summed E-state index contributed by atoms with van der Waals surface area (Å²) in [5, 5.41) is 16.1. The first kappa shape index (κ1) is 19.9. The number of non-ortho nitro benzene ring substituents is 1. The molecule has 0 amide bonds. The molecule has 0 fully saturated rings. The molecular formula is C24H19N5O2. The van der Waals surface area contributed by atoms with Crippen LogP contribution < -0.4 is 5.43 Å². The smallest absolute Gasteiger partial charge is 0.260 e. The summed E-state index contributed by atoms with van der Waals surface area (Å²) in [6, 6.07) is 25.7. The number of hydrogen-bond donors (Lipinski definition) is 1. The van der Waals surface area contributed by atoms with Crippen molar-refractivity contribution < 1.29 is 4.92 Å². The van der Waals surface area contributed by atoms with Gasteiger partial charge in [0, 0.05) is 17.5 Å². The minimum absolute atomic E-state index is 0.0343. The summed E-state index contributed by atoms with van der Waals surface area (Å²) in [6.07, 6.45) is 1.58. The summed E-state index contributed by atoms with van der Waals surface area (Å²) < 4.78 is 0. The lowest BCUT2D eigenvalue weighted by molar-refractivity contribution is -0.384. The van der Waals surface area contributed by atoms with Crippen molar-refractivity contribution in [1.29, 1.82) is 0 Å². The van der Waals surface area contributed by atoms with Crippen LogP contribution in [-0.2, 0) is 0 Å². The Kier molecular flexibility index (Phi) is 5.75. The van der Waals surface area contributed by atoms with Crippen molar-refractivity contribution in [3.05, 3.63) is 112 Å². The Bertz CT molecular complexity index is 1280. The largest absolute Gasteiger partial charge is 0.269 e. The molecule has 0 aliphatic rings. The molecule has 4 aromatic rings. The van der Waals surface area contributed by atoms with E-state index in [2.05, 4.69) is 15.5 Å². The highest BCUT2D eigenvalue weighted by atomic mass is 16.6. The summed E-state index contributed by atoms with van der Waals surface area (Å²) >= 11 is 0. The highest BCUT2D eigenvalue weighted by molar-refractivity contribution is 6.00. The third-order valence-corrected chi connectivity index (χ3v) is 4.60. The summed E-state index contributed by atoms with van der Waals surface area (Å²) in [7, 11) is 0. The Morgan fingerprint density at radius 1 is 0.968 bits per heavy atom. The van der Waals surface area contributed by atoms with Crippen molar-refractivity contribution in [2.75, 3.05) is 0 Å². The lowest BCUT2D eigenvalue weighted by atomic mass is 10.2. The SMILES string of the molecule is Cc1ccc(N=C(NN=Cc2ccc([N+](=O)[O-])cc2)c2ccc3ccccc3n2)cc1. The van der Waals surface area contributed by atoms with Crippen LogP contribution in [0.5, 0.6) is 0 Å². The number of nitrogens with zero attached hydrogens (tertiary/aromatic N) is 4. The van der Waals surface area contributed by atoms with Crippen molar-refractivity contribution in [2.24, 2.45) is 10.1 Å². The van der Waals surface area contributed by atoms with Gasteiger partial charge in [-0.25, -0.2) is 9.98 Å². The van der Waals surface area contributed by atoms with E-state index in [0.717, 1.165) is 27.7 Å². The van der Waals surface area contributed by atoms with E-state index in [0.29, 0.717) is 11.5 Å². The number of aliphatic imine (C=N–C) groups is 1. The van der Waals surface area contributed by atoms with Crippen molar-refractivity contribution in [3.63, 3.8) is 0 Å². The molecule has 0 radical (unpaired) electrons. The van der Waals surface area contributed by atoms with Crippen molar-refractivity contribution in [1.82, 2.24) is 10.4 Å². The zero-order valence-electron chi connectivity index (χ0n) is 16.8. The third-order valence-electron chi connectivity index (χ3n) is 4.60. The molecule has 31 heavy (non-hydrogen) atoms. The average molecular weight is 409 g/mol. The number of hydrazone groups is 1. The molecule has 0 spiro atoms. The first-order chi connectivity index (χ1) is 15.1. The molecule has 0 saturated heterocycles. The molecule has 1 N–H and O–H groups in total. The zero-order chi connectivity index (χ0) is 21.6. The number of nitro benzene ring substituents is 1. The van der Waals surface area contributed by atoms with Crippen LogP contribution in [-0.4, -0.2) is 22.0 Å². The maximum atomic E-state index is 10.8. The molecule has 7 heteroatoms. The molecule has 0 aliphatic heterocycles. The van der Waals surface area contributed by atoms with Crippen LogP contribution in [0.4, 0.5) is 11.4 Å². The molecule has 3 aromatic carbocycles. The van der Waals surface area contributed by atoms with Gasteiger partial charge >= 0.3 is 0 Å². The number of rotatable bonds is 5. The van der Waals surface area contributed by atoms with E-state index >= 15 is 0 Å². The number of hydrogen-bond acceptors (Lipinski definition) is 5. The molecule has 1 aromatic heterocycles. The van der Waals surface area contributed by atoms with Gasteiger partial charge in [0.05, 0.1) is 22.3 Å². The van der Waals surface area contributed by atoms with E-state index in [1.165, 1.54) is 12.1 Å². The Morgan fingerprint density at radius 2 is 1.71 bits per heavy atom. The van der Waals surface area contributed by atoms with Crippen LogP contribution in [0.3, 0.4) is 0 Å². The summed E-state index contributed by atoms with van der Waals surface area (Å²) in [6.45, 7) is 2.02. The van der Waals surface area contributed by atoms with Crippen molar-refractivity contribution in [3.8, 4) is 0 Å². The van der Waals surface area contributed by atoms with Gasteiger partial charge in [-0.05, 0) is 48.9 Å². The summed E-state index contributed by atoms with van der Waals surface area (Å²) in [4.78, 5) is 19.8. The monoisotopic (exact) mass is 409 g/mol. The number of aromatic nitrogens is 1. The van der Waals surface area contributed by atoms with Gasteiger partial charge in [-0.15, -0.1) is 0 Å². The van der Waals surface area contributed by atoms with Gasteiger partial charge in [0.25, 0.3) is 5.69 Å². The molecule has 0 bridgehead atoms. The van der Waals surface area contributed by atoms with Gasteiger partial charge in [-0.1, -0.05) is 42.0 Å². The Morgan fingerprint density at radius 3 is 2.45 bits per heavy atom. The molecule has 7 nitrogen and oxygen atoms in total. The van der Waals surface area contributed by atoms with Crippen molar-refractivity contribution in [2.45, 2.75) is 6.92 Å². The second kappa shape index (κ2) is 8.96. The Hall–Kier alpha value is -4.39. The standard InChI is InChI=1S/C24H19N5O2/c1-17-6-11-20(12-7-17)26-24(23-15-10-19-4-2-3-5-22(19)27-23)28-25-16-18-8-13-21(14-9-18)29(30)31/h2-16H,1H3,(H,26,28). The van der Waals surface area contributed by atoms with E-state index in [4.69, 9.17) is 4.98 Å². The quantitative estimate of drug-likeness (QED) is 0.213. The first-order valence-corrected chi connectivity index (χ1v) is 9.63. The number of aryl methyl sites for hydroxylation is 1. The second-order valence-corrected chi connectivity index (χ2v) is 6.90. The van der Waals surface area contributed by atoms with Crippen LogP contribution in [0.2, 0.25) is 0 Å². The topological polar surface area (TPSA) is 92.8 Å². The number of nitro groups is 1. The van der Waals surface area contributed by atoms with Crippen molar-refractivity contribution >= 4 is 34.3 Å². The van der Waals surface area contributed by atoms with Gasteiger partial charge in [-0.2, -0.15) is 5.10 Å². The predicted molar refractivity (Wildman–Crippen MR) is 123 cm³/mol. The van der Waals surface area contributed by atoms with E-state index in [1.54, 1.807) is 18.3 Å². The molecule has 1 heterocycles. The summed E-state index contributed by atoms with van der Waals surface area (Å²) in [5.74, 6) is 0.493. The van der Waals surface area contributed by atoms with Crippen LogP contribution in [0.15, 0.2) is 95.0 Å². The van der Waals surface area contributed by atoms with Crippen LogP contribution in [0.25, 0.3) is 10.9 Å². The number of amidine groups is 1. The third kappa shape index (κ3) is 4.97. The van der Waals surface area contributed by atoms with Crippen LogP contribution >= 0.6 is 0 Å². The van der Waals surface area contributed by atoms with Gasteiger partial charge in [-0.3, -0.25) is 15.5 Å². The predicted octanol–water partition coefficient (Wildman–Crippen LogP) is 5.15. The molecule has 0 atom stereocenters. The van der Waals surface area contributed by atoms with E-state index in [1.807, 2.05) is 67.6 Å². The fourth-order valence-corrected chi connectivity index (χ4v) is 2.94. The molecule has 4 rings (SSSR count). The van der Waals surface area contributed by atoms with Gasteiger partial charge < -0.3 is 0 Å². The van der Waals surface area contributed by atoms with Gasteiger partial charge in [0.2, 0.25) is 0 Å². The molecular weight excluding hydrogens is 390 g/mol. The molecule has 0 saturated carbocycles. The van der Waals surface area contributed by atoms with Crippen LogP contribution in [0, 0.1) is 17.0 Å². The normalized spacial score (nSPS) is 11.7. The van der Waals surface area contributed by atoms with E-state index < -0.39 is 4.92 Å². The first-order valence-electron chi connectivity index (χ1n) is 9.63. The number of nitrogens with one attached hydrogen (secondary N) is 1. The molecule has 0 unspecified atom stereocenters. The van der Waals surface area contributed by atoms with Gasteiger partial charge in [0.15, 0.2) is 5.84 Å². The van der Waals surface area contributed by atoms with Gasteiger partial charge in [0.1, 0.15) is 5.69 Å². The minimum atomic E-state index is -0.434. The van der Waals surface area contributed by atoms with E-state index in [9.17, 15) is 10.1 Å². The minimum Gasteiger partial charge on any atom is -0.260 e. The maximum Gasteiger partial charge on any atom is 0.269 e. The Balaban J connectivity index is 1.64. The van der Waals surface area contributed by atoms with E-state index in [-0.39, 0.29) is 5.69 Å². The lowest BCUT2D eigenvalue weighted by Crippen LogP contribution is -2.20. The maximum absolute atomic E-state index is 10.8. The summed E-state index contributed by atoms with van der Waals surface area (Å²) in [5.41, 5.74) is 7.16. The lowest BCUT2D eigenvalue weighted by Gasteiger charge is -2.07. The second-order valence-electron chi connectivity index (χ2n) is 6.90.